The highest BCUT2D eigenvalue weighted by atomic mass is 32.1. The van der Waals surface area contributed by atoms with Crippen LogP contribution in [0.2, 0.25) is 0 Å². The Morgan fingerprint density at radius 3 is 2.89 bits per heavy atom. The molecule has 2 heterocycles. The molecule has 2 aromatic rings. The Kier molecular flexibility index (Phi) is 3.95. The summed E-state index contributed by atoms with van der Waals surface area (Å²) in [5, 5.41) is 12.9. The summed E-state index contributed by atoms with van der Waals surface area (Å²) in [6, 6.07) is 0. The topological polar surface area (TPSA) is 122 Å². The van der Waals surface area contributed by atoms with Crippen LogP contribution in [-0.4, -0.2) is 32.6 Å². The largest absolute Gasteiger partial charge is 0.367 e. The molecule has 2 aromatic heterocycles. The quantitative estimate of drug-likeness (QED) is 0.633. The summed E-state index contributed by atoms with van der Waals surface area (Å²) in [7, 11) is 0. The summed E-state index contributed by atoms with van der Waals surface area (Å²) < 4.78 is 0. The maximum Gasteiger partial charge on any atom is 0.263 e. The molecule has 8 nitrogen and oxygen atoms in total. The lowest BCUT2D eigenvalue weighted by Crippen LogP contribution is -2.23. The number of nitrogen functional groups attached to an aromatic ring is 1. The number of nitrogens with zero attached hydrogens (tertiary/aromatic N) is 3. The van der Waals surface area contributed by atoms with E-state index in [4.69, 9.17) is 5.73 Å². The summed E-state index contributed by atoms with van der Waals surface area (Å²) in [6.07, 6.45) is 0. The Hall–Kier alpha value is -2.16. The van der Waals surface area contributed by atoms with Crippen molar-refractivity contribution in [3.05, 3.63) is 16.4 Å². The van der Waals surface area contributed by atoms with Crippen LogP contribution in [0.1, 0.15) is 28.1 Å². The van der Waals surface area contributed by atoms with Gasteiger partial charge in [-0.15, -0.1) is 5.10 Å². The van der Waals surface area contributed by atoms with Crippen molar-refractivity contribution < 1.29 is 4.79 Å². The van der Waals surface area contributed by atoms with Crippen LogP contribution in [0.25, 0.3) is 0 Å². The number of amides is 1. The zero-order chi connectivity index (χ0) is 13.8. The molecule has 0 spiro atoms. The molecule has 0 saturated heterocycles. The second kappa shape index (κ2) is 5.65. The first kappa shape index (κ1) is 13.3. The number of aromatic amines is 1. The fourth-order valence-corrected chi connectivity index (χ4v) is 2.42. The van der Waals surface area contributed by atoms with Gasteiger partial charge in [-0.1, -0.05) is 11.3 Å². The van der Waals surface area contributed by atoms with Crippen LogP contribution in [0.3, 0.4) is 0 Å². The lowest BCUT2D eigenvalue weighted by atomic mass is 10.4. The molecule has 19 heavy (non-hydrogen) atoms. The lowest BCUT2D eigenvalue weighted by molar-refractivity contribution is 0.0953. The number of carbonyl (C=O) groups is 1. The molecule has 0 radical (unpaired) electrons. The zero-order valence-electron chi connectivity index (χ0n) is 10.6. The van der Waals surface area contributed by atoms with Crippen LogP contribution in [-0.2, 0) is 6.54 Å². The number of thiazole rings is 1. The molecule has 1 amide bonds. The van der Waals surface area contributed by atoms with Gasteiger partial charge in [0.1, 0.15) is 10.7 Å². The third-order valence-electron chi connectivity index (χ3n) is 2.30. The van der Waals surface area contributed by atoms with Crippen LogP contribution in [0.5, 0.6) is 0 Å². The van der Waals surface area contributed by atoms with Crippen molar-refractivity contribution in [1.29, 1.82) is 0 Å². The maximum absolute atomic E-state index is 12.0. The first-order chi connectivity index (χ1) is 9.10. The minimum Gasteiger partial charge on any atom is -0.367 e. The molecule has 9 heteroatoms. The molecular formula is C10H15N7OS. The number of nitrogens with one attached hydrogen (secondary N) is 3. The minimum absolute atomic E-state index is 0.160. The Balaban J connectivity index is 1.99. The zero-order valence-corrected chi connectivity index (χ0v) is 11.5. The third-order valence-corrected chi connectivity index (χ3v) is 3.41. The molecule has 2 rings (SSSR count). The van der Waals surface area contributed by atoms with Crippen LogP contribution in [0.4, 0.5) is 11.1 Å². The van der Waals surface area contributed by atoms with Gasteiger partial charge in [0.2, 0.25) is 5.95 Å². The SMILES string of the molecule is CCNc1nc(C)c(C(=O)NCc2nc(N)n[nH]2)s1. The number of nitrogens with two attached hydrogens (primary N) is 1. The molecule has 0 fully saturated rings. The monoisotopic (exact) mass is 281 g/mol. The Morgan fingerprint density at radius 1 is 1.47 bits per heavy atom. The maximum atomic E-state index is 12.0. The summed E-state index contributed by atoms with van der Waals surface area (Å²) >= 11 is 1.33. The highest BCUT2D eigenvalue weighted by Crippen LogP contribution is 2.22. The molecule has 0 aromatic carbocycles. The number of aryl methyl sites for hydroxylation is 1. The number of anilines is 2. The molecule has 0 aliphatic heterocycles. The van der Waals surface area contributed by atoms with Gasteiger partial charge in [-0.05, 0) is 13.8 Å². The van der Waals surface area contributed by atoms with Crippen molar-refractivity contribution in [3.8, 4) is 0 Å². The highest BCUT2D eigenvalue weighted by Gasteiger charge is 2.15. The second-order valence-electron chi connectivity index (χ2n) is 3.79. The van der Waals surface area contributed by atoms with E-state index in [0.29, 0.717) is 16.4 Å². The fourth-order valence-electron chi connectivity index (χ4n) is 1.47. The van der Waals surface area contributed by atoms with Gasteiger partial charge in [-0.2, -0.15) is 4.98 Å². The first-order valence-electron chi connectivity index (χ1n) is 5.76. The van der Waals surface area contributed by atoms with Gasteiger partial charge in [-0.3, -0.25) is 9.89 Å². The van der Waals surface area contributed by atoms with E-state index in [1.54, 1.807) is 6.92 Å². The number of rotatable bonds is 5. The van der Waals surface area contributed by atoms with E-state index in [9.17, 15) is 4.79 Å². The normalized spacial score (nSPS) is 10.4. The molecular weight excluding hydrogens is 266 g/mol. The molecule has 0 aliphatic rings. The van der Waals surface area contributed by atoms with Gasteiger partial charge in [0.05, 0.1) is 12.2 Å². The van der Waals surface area contributed by atoms with Gasteiger partial charge < -0.3 is 16.4 Å². The smallest absolute Gasteiger partial charge is 0.263 e. The van der Waals surface area contributed by atoms with E-state index in [-0.39, 0.29) is 18.4 Å². The van der Waals surface area contributed by atoms with E-state index >= 15 is 0 Å². The number of aromatic nitrogens is 4. The van der Waals surface area contributed by atoms with Crippen molar-refractivity contribution >= 4 is 28.3 Å². The average Bonchev–Trinajstić information content (AvgIpc) is 2.93. The number of hydrogen-bond acceptors (Lipinski definition) is 7. The standard InChI is InChI=1S/C10H15N7OS/c1-3-12-10-14-5(2)7(19-10)8(18)13-4-6-15-9(11)17-16-6/h3-4H2,1-2H3,(H,12,14)(H,13,18)(H3,11,15,16,17). The Labute approximate surface area is 113 Å². The summed E-state index contributed by atoms with van der Waals surface area (Å²) in [6.45, 7) is 4.80. The Bertz CT molecular complexity index is 576. The van der Waals surface area contributed by atoms with Crippen molar-refractivity contribution in [2.45, 2.75) is 20.4 Å². The van der Waals surface area contributed by atoms with Crippen LogP contribution in [0, 0.1) is 6.92 Å². The van der Waals surface area contributed by atoms with Gasteiger partial charge >= 0.3 is 0 Å². The van der Waals surface area contributed by atoms with Crippen molar-refractivity contribution in [3.63, 3.8) is 0 Å². The number of hydrogen-bond donors (Lipinski definition) is 4. The van der Waals surface area contributed by atoms with Gasteiger partial charge in [0, 0.05) is 6.54 Å². The predicted octanol–water partition coefficient (Wildman–Crippen LogP) is 0.514. The molecule has 0 saturated carbocycles. The summed E-state index contributed by atoms with van der Waals surface area (Å²) in [5.41, 5.74) is 6.08. The predicted molar refractivity (Wildman–Crippen MR) is 73.0 cm³/mol. The van der Waals surface area contributed by atoms with Crippen LogP contribution in [0.15, 0.2) is 0 Å². The number of carbonyl (C=O) groups excluding carboxylic acids is 1. The van der Waals surface area contributed by atoms with E-state index in [2.05, 4.69) is 30.8 Å². The van der Waals surface area contributed by atoms with E-state index in [1.807, 2.05) is 6.92 Å². The Morgan fingerprint density at radius 2 is 2.26 bits per heavy atom. The molecule has 0 bridgehead atoms. The first-order valence-corrected chi connectivity index (χ1v) is 6.58. The molecule has 102 valence electrons. The number of H-pyrrole nitrogens is 1. The average molecular weight is 281 g/mol. The van der Waals surface area contributed by atoms with Crippen molar-refractivity contribution in [2.75, 3.05) is 17.6 Å². The second-order valence-corrected chi connectivity index (χ2v) is 4.79. The van der Waals surface area contributed by atoms with E-state index < -0.39 is 0 Å². The molecule has 5 N–H and O–H groups in total. The van der Waals surface area contributed by atoms with Crippen molar-refractivity contribution in [2.24, 2.45) is 0 Å². The third kappa shape index (κ3) is 3.19. The summed E-state index contributed by atoms with van der Waals surface area (Å²) in [4.78, 5) is 20.8. The van der Waals surface area contributed by atoms with Crippen LogP contribution < -0.4 is 16.4 Å². The molecule has 0 unspecified atom stereocenters. The molecule has 0 aliphatic carbocycles. The van der Waals surface area contributed by atoms with Gasteiger partial charge in [0.25, 0.3) is 5.91 Å². The van der Waals surface area contributed by atoms with Crippen molar-refractivity contribution in [1.82, 2.24) is 25.5 Å². The summed E-state index contributed by atoms with van der Waals surface area (Å²) in [5.74, 6) is 0.488. The van der Waals surface area contributed by atoms with Gasteiger partial charge in [-0.25, -0.2) is 4.98 Å². The lowest BCUT2D eigenvalue weighted by Gasteiger charge is -2.00. The minimum atomic E-state index is -0.186. The highest BCUT2D eigenvalue weighted by molar-refractivity contribution is 7.17. The van der Waals surface area contributed by atoms with Gasteiger partial charge in [0.15, 0.2) is 5.13 Å². The molecule has 0 atom stereocenters. The van der Waals surface area contributed by atoms with E-state index in [1.165, 1.54) is 11.3 Å². The van der Waals surface area contributed by atoms with Crippen LogP contribution >= 0.6 is 11.3 Å². The fraction of sp³-hybridized carbons (Fsp3) is 0.400. The van der Waals surface area contributed by atoms with E-state index in [0.717, 1.165) is 11.7 Å².